The van der Waals surface area contributed by atoms with Gasteiger partial charge in [-0.3, -0.25) is 4.79 Å². The summed E-state index contributed by atoms with van der Waals surface area (Å²) in [6.07, 6.45) is 2.91. The van der Waals surface area contributed by atoms with Crippen molar-refractivity contribution in [3.63, 3.8) is 0 Å². The van der Waals surface area contributed by atoms with Crippen molar-refractivity contribution in [3.05, 3.63) is 22.4 Å². The summed E-state index contributed by atoms with van der Waals surface area (Å²) in [7, 11) is 0. The first-order valence-electron chi connectivity index (χ1n) is 4.66. The van der Waals surface area contributed by atoms with Crippen LogP contribution < -0.4 is 5.32 Å². The van der Waals surface area contributed by atoms with Gasteiger partial charge in [0, 0.05) is 22.8 Å². The van der Waals surface area contributed by atoms with Gasteiger partial charge >= 0.3 is 0 Å². The van der Waals surface area contributed by atoms with E-state index < -0.39 is 0 Å². The van der Waals surface area contributed by atoms with Gasteiger partial charge in [-0.15, -0.1) is 0 Å². The van der Waals surface area contributed by atoms with Crippen molar-refractivity contribution in [2.75, 3.05) is 0 Å². The summed E-state index contributed by atoms with van der Waals surface area (Å²) in [5.41, 5.74) is 0.630. The topological polar surface area (TPSA) is 34.0 Å². The molecule has 76 valence electrons. The Hall–Kier alpha value is -0.770. The first kappa shape index (κ1) is 9.77. The molecule has 1 aromatic rings. The van der Waals surface area contributed by atoms with E-state index in [0.717, 1.165) is 23.1 Å². The van der Waals surface area contributed by atoms with Crippen LogP contribution in [0.2, 0.25) is 0 Å². The number of amides is 1. The van der Waals surface area contributed by atoms with Crippen LogP contribution in [0.15, 0.2) is 16.7 Å². The zero-order valence-electron chi connectivity index (χ0n) is 8.30. The third kappa shape index (κ3) is 1.71. The van der Waals surface area contributed by atoms with Gasteiger partial charge in [-0.05, 0) is 42.3 Å². The number of halogens is 1. The van der Waals surface area contributed by atoms with E-state index in [1.807, 2.05) is 30.7 Å². The van der Waals surface area contributed by atoms with Crippen LogP contribution in [0.5, 0.6) is 0 Å². The van der Waals surface area contributed by atoms with Gasteiger partial charge in [0.25, 0.3) is 5.91 Å². The highest BCUT2D eigenvalue weighted by Crippen LogP contribution is 2.21. The molecule has 0 aliphatic carbocycles. The Morgan fingerprint density at radius 1 is 1.57 bits per heavy atom. The fraction of sp³-hybridized carbons (Fsp3) is 0.500. The molecular formula is C10H13BrN2O. The van der Waals surface area contributed by atoms with Gasteiger partial charge in [0.2, 0.25) is 0 Å². The van der Waals surface area contributed by atoms with Crippen LogP contribution in [0.1, 0.15) is 30.8 Å². The third-order valence-corrected chi connectivity index (χ3v) is 2.96. The van der Waals surface area contributed by atoms with Crippen LogP contribution in [0.25, 0.3) is 0 Å². The smallest absolute Gasteiger partial charge is 0.268 e. The molecule has 0 unspecified atom stereocenters. The van der Waals surface area contributed by atoms with Crippen molar-refractivity contribution < 1.29 is 4.79 Å². The van der Waals surface area contributed by atoms with Gasteiger partial charge in [-0.2, -0.15) is 0 Å². The Bertz CT molecular complexity index is 381. The molecule has 0 saturated heterocycles. The minimum Gasteiger partial charge on any atom is -0.346 e. The van der Waals surface area contributed by atoms with Crippen LogP contribution in [0.3, 0.4) is 0 Å². The monoisotopic (exact) mass is 256 g/mol. The lowest BCUT2D eigenvalue weighted by molar-refractivity contribution is 0.0914. The predicted octanol–water partition coefficient (Wildman–Crippen LogP) is 2.16. The van der Waals surface area contributed by atoms with Crippen LogP contribution >= 0.6 is 15.9 Å². The fourth-order valence-electron chi connectivity index (χ4n) is 1.68. The number of aryl methyl sites for hydroxylation is 1. The predicted molar refractivity (Wildman–Crippen MR) is 58.3 cm³/mol. The maximum absolute atomic E-state index is 11.8. The Morgan fingerprint density at radius 3 is 3.00 bits per heavy atom. The molecule has 3 nitrogen and oxygen atoms in total. The first-order chi connectivity index (χ1) is 6.48. The molecule has 0 atom stereocenters. The number of carbonyl (C=O) groups is 1. The highest BCUT2D eigenvalue weighted by molar-refractivity contribution is 9.10. The average molecular weight is 257 g/mol. The fourth-order valence-corrected chi connectivity index (χ4v) is 2.15. The minimum absolute atomic E-state index is 0.0122. The number of fused-ring (bicyclic) bond motifs is 1. The number of nitrogens with one attached hydrogen (secondary N) is 1. The van der Waals surface area contributed by atoms with E-state index in [4.69, 9.17) is 0 Å². The molecule has 14 heavy (non-hydrogen) atoms. The molecule has 1 aliphatic rings. The van der Waals surface area contributed by atoms with Crippen molar-refractivity contribution in [1.29, 1.82) is 0 Å². The van der Waals surface area contributed by atoms with E-state index in [-0.39, 0.29) is 11.4 Å². The lowest BCUT2D eigenvalue weighted by Gasteiger charge is -2.22. The van der Waals surface area contributed by atoms with E-state index in [1.165, 1.54) is 0 Å². The van der Waals surface area contributed by atoms with Crippen molar-refractivity contribution in [3.8, 4) is 0 Å². The third-order valence-electron chi connectivity index (χ3n) is 2.53. The van der Waals surface area contributed by atoms with Gasteiger partial charge in [0.15, 0.2) is 0 Å². The lowest BCUT2D eigenvalue weighted by atomic mass is 10.0. The molecule has 0 aromatic carbocycles. The summed E-state index contributed by atoms with van der Waals surface area (Å²) in [5, 5.41) is 3.01. The number of carbonyl (C=O) groups excluding carboxylic acids is 1. The van der Waals surface area contributed by atoms with Crippen LogP contribution in [-0.2, 0) is 6.54 Å². The lowest BCUT2D eigenvalue weighted by Crippen LogP contribution is -2.42. The Kier molecular flexibility index (Phi) is 2.18. The average Bonchev–Trinajstić information content (AvgIpc) is 2.38. The molecule has 1 aromatic heterocycles. The van der Waals surface area contributed by atoms with Gasteiger partial charge in [-0.25, -0.2) is 0 Å². The van der Waals surface area contributed by atoms with Gasteiger partial charge in [0.05, 0.1) is 0 Å². The normalized spacial score (nSPS) is 19.8. The van der Waals surface area contributed by atoms with Crippen LogP contribution in [0.4, 0.5) is 0 Å². The number of nitrogens with zero attached hydrogens (tertiary/aromatic N) is 1. The summed E-state index contributed by atoms with van der Waals surface area (Å²) >= 11 is 3.37. The quantitative estimate of drug-likeness (QED) is 0.759. The van der Waals surface area contributed by atoms with Crippen molar-refractivity contribution >= 4 is 21.8 Å². The molecular weight excluding hydrogens is 244 g/mol. The highest BCUT2D eigenvalue weighted by atomic mass is 79.9. The summed E-state index contributed by atoms with van der Waals surface area (Å²) in [6.45, 7) is 4.98. The van der Waals surface area contributed by atoms with E-state index in [0.29, 0.717) is 0 Å². The zero-order valence-corrected chi connectivity index (χ0v) is 9.89. The van der Waals surface area contributed by atoms with Gasteiger partial charge in [0.1, 0.15) is 5.69 Å². The Labute approximate surface area is 91.6 Å². The Morgan fingerprint density at radius 2 is 2.29 bits per heavy atom. The molecule has 1 N–H and O–H groups in total. The number of hydrogen-bond acceptors (Lipinski definition) is 1. The molecule has 0 fully saturated rings. The van der Waals surface area contributed by atoms with Gasteiger partial charge in [-0.1, -0.05) is 0 Å². The summed E-state index contributed by atoms with van der Waals surface area (Å²) < 4.78 is 2.95. The number of hydrogen-bond donors (Lipinski definition) is 1. The molecule has 0 bridgehead atoms. The molecule has 1 amide bonds. The largest absolute Gasteiger partial charge is 0.346 e. The maximum Gasteiger partial charge on any atom is 0.268 e. The first-order valence-corrected chi connectivity index (χ1v) is 5.45. The summed E-state index contributed by atoms with van der Waals surface area (Å²) in [5.74, 6) is 0.0122. The van der Waals surface area contributed by atoms with E-state index >= 15 is 0 Å². The van der Waals surface area contributed by atoms with Crippen molar-refractivity contribution in [2.45, 2.75) is 32.4 Å². The molecule has 0 radical (unpaired) electrons. The second-order valence-electron chi connectivity index (χ2n) is 4.32. The SMILES string of the molecule is CC1(C)CCn2cc(Br)cc2C(=O)N1. The van der Waals surface area contributed by atoms with E-state index in [1.54, 1.807) is 0 Å². The van der Waals surface area contributed by atoms with Crippen LogP contribution in [0, 0.1) is 0 Å². The molecule has 4 heteroatoms. The molecule has 2 heterocycles. The van der Waals surface area contributed by atoms with Gasteiger partial charge < -0.3 is 9.88 Å². The highest BCUT2D eigenvalue weighted by Gasteiger charge is 2.26. The van der Waals surface area contributed by atoms with Crippen LogP contribution in [-0.4, -0.2) is 16.0 Å². The minimum atomic E-state index is -0.109. The summed E-state index contributed by atoms with van der Waals surface area (Å²) in [4.78, 5) is 11.8. The van der Waals surface area contributed by atoms with E-state index in [9.17, 15) is 4.79 Å². The second kappa shape index (κ2) is 3.12. The number of rotatable bonds is 0. The molecule has 2 rings (SSSR count). The van der Waals surface area contributed by atoms with Crippen molar-refractivity contribution in [2.24, 2.45) is 0 Å². The second-order valence-corrected chi connectivity index (χ2v) is 5.24. The zero-order chi connectivity index (χ0) is 10.3. The number of aromatic nitrogens is 1. The maximum atomic E-state index is 11.8. The van der Waals surface area contributed by atoms with E-state index in [2.05, 4.69) is 21.2 Å². The molecule has 1 aliphatic heterocycles. The molecule has 0 spiro atoms. The summed E-state index contributed by atoms with van der Waals surface area (Å²) in [6, 6.07) is 1.86. The molecule has 0 saturated carbocycles. The Balaban J connectivity index is 2.39. The van der Waals surface area contributed by atoms with Crippen molar-refractivity contribution in [1.82, 2.24) is 9.88 Å². The standard InChI is InChI=1S/C10H13BrN2O/c1-10(2)3-4-13-6-7(11)5-8(13)9(14)12-10/h5-6H,3-4H2,1-2H3,(H,12,14).